The van der Waals surface area contributed by atoms with Gasteiger partial charge in [-0.1, -0.05) is 0 Å². The van der Waals surface area contributed by atoms with E-state index in [1.165, 1.54) is 0 Å². The van der Waals surface area contributed by atoms with Crippen LogP contribution in [0, 0.1) is 0 Å². The van der Waals surface area contributed by atoms with Crippen LogP contribution in [0.5, 0.6) is 0 Å². The number of hydrogen-bond donors (Lipinski definition) is 2. The van der Waals surface area contributed by atoms with Crippen LogP contribution in [-0.4, -0.2) is 60.3 Å². The Bertz CT molecular complexity index is 315. The lowest BCUT2D eigenvalue weighted by Gasteiger charge is -2.32. The molecule has 102 valence electrons. The van der Waals surface area contributed by atoms with E-state index < -0.39 is 12.0 Å². The van der Waals surface area contributed by atoms with Crippen molar-refractivity contribution in [3.05, 3.63) is 0 Å². The van der Waals surface area contributed by atoms with Crippen LogP contribution in [0.1, 0.15) is 25.7 Å². The molecular weight excluding hydrogens is 236 g/mol. The minimum absolute atomic E-state index is 0.0929. The van der Waals surface area contributed by atoms with Crippen LogP contribution in [0.4, 0.5) is 0 Å². The molecule has 0 aromatic heterocycles. The molecule has 2 saturated heterocycles. The third-order valence-electron chi connectivity index (χ3n) is 3.56. The van der Waals surface area contributed by atoms with Crippen molar-refractivity contribution in [3.8, 4) is 0 Å². The first-order valence-electron chi connectivity index (χ1n) is 6.52. The van der Waals surface area contributed by atoms with E-state index in [4.69, 9.17) is 9.84 Å². The quantitative estimate of drug-likeness (QED) is 0.714. The number of nitrogens with zero attached hydrogens (tertiary/aromatic N) is 1. The zero-order valence-corrected chi connectivity index (χ0v) is 10.4. The maximum Gasteiger partial charge on any atom is 0.322 e. The van der Waals surface area contributed by atoms with Crippen LogP contribution < -0.4 is 5.32 Å². The van der Waals surface area contributed by atoms with Crippen LogP contribution >= 0.6 is 0 Å². The molecule has 6 nitrogen and oxygen atoms in total. The van der Waals surface area contributed by atoms with Gasteiger partial charge in [0, 0.05) is 13.2 Å². The summed E-state index contributed by atoms with van der Waals surface area (Å²) < 4.78 is 5.52. The van der Waals surface area contributed by atoms with E-state index in [2.05, 4.69) is 5.32 Å². The molecule has 0 aromatic rings. The van der Waals surface area contributed by atoms with E-state index in [1.807, 2.05) is 0 Å². The van der Waals surface area contributed by atoms with E-state index >= 15 is 0 Å². The molecule has 2 fully saturated rings. The molecule has 6 heteroatoms. The van der Waals surface area contributed by atoms with Crippen molar-refractivity contribution in [1.82, 2.24) is 10.2 Å². The van der Waals surface area contributed by atoms with Crippen molar-refractivity contribution in [1.29, 1.82) is 0 Å². The normalized spacial score (nSPS) is 29.2. The zero-order valence-electron chi connectivity index (χ0n) is 10.4. The Morgan fingerprint density at radius 2 is 2.39 bits per heavy atom. The highest BCUT2D eigenvalue weighted by atomic mass is 16.5. The van der Waals surface area contributed by atoms with Crippen LogP contribution in [0.2, 0.25) is 0 Å². The number of carboxylic acid groups (broad SMARTS) is 1. The van der Waals surface area contributed by atoms with Crippen LogP contribution in [0.25, 0.3) is 0 Å². The largest absolute Gasteiger partial charge is 0.480 e. The first-order valence-corrected chi connectivity index (χ1v) is 6.52. The molecule has 2 atom stereocenters. The van der Waals surface area contributed by atoms with Gasteiger partial charge in [0.1, 0.15) is 6.04 Å². The van der Waals surface area contributed by atoms with Gasteiger partial charge in [0.05, 0.1) is 12.6 Å². The van der Waals surface area contributed by atoms with E-state index in [9.17, 15) is 9.59 Å². The Morgan fingerprint density at radius 3 is 3.06 bits per heavy atom. The van der Waals surface area contributed by atoms with Crippen molar-refractivity contribution in [3.63, 3.8) is 0 Å². The highest BCUT2D eigenvalue weighted by molar-refractivity contribution is 5.83. The molecule has 18 heavy (non-hydrogen) atoms. The molecule has 2 aliphatic rings. The van der Waals surface area contributed by atoms with Gasteiger partial charge in [0.2, 0.25) is 5.91 Å². The number of amides is 1. The summed E-state index contributed by atoms with van der Waals surface area (Å²) in [4.78, 5) is 24.1. The fourth-order valence-corrected chi connectivity index (χ4v) is 2.56. The summed E-state index contributed by atoms with van der Waals surface area (Å²) in [5, 5.41) is 11.7. The molecule has 0 radical (unpaired) electrons. The lowest BCUT2D eigenvalue weighted by Crippen LogP contribution is -2.57. The van der Waals surface area contributed by atoms with Crippen molar-refractivity contribution < 1.29 is 19.4 Å². The summed E-state index contributed by atoms with van der Waals surface area (Å²) in [6, 6.07) is -0.591. The van der Waals surface area contributed by atoms with E-state index in [1.54, 1.807) is 4.90 Å². The van der Waals surface area contributed by atoms with Crippen molar-refractivity contribution in [2.45, 2.75) is 37.8 Å². The molecule has 2 rings (SSSR count). The number of hydrogen-bond acceptors (Lipinski definition) is 4. The van der Waals surface area contributed by atoms with Crippen LogP contribution in [-0.2, 0) is 14.3 Å². The highest BCUT2D eigenvalue weighted by Gasteiger charge is 2.31. The van der Waals surface area contributed by atoms with Gasteiger partial charge in [-0.3, -0.25) is 14.5 Å². The molecule has 1 amide bonds. The smallest absolute Gasteiger partial charge is 0.322 e. The minimum atomic E-state index is -0.868. The van der Waals surface area contributed by atoms with Gasteiger partial charge in [-0.15, -0.1) is 0 Å². The Balaban J connectivity index is 1.77. The number of rotatable bonds is 5. The Morgan fingerprint density at radius 1 is 1.56 bits per heavy atom. The van der Waals surface area contributed by atoms with E-state index in [0.717, 1.165) is 32.3 Å². The van der Waals surface area contributed by atoms with Gasteiger partial charge in [0.15, 0.2) is 0 Å². The number of carbonyl (C=O) groups is 2. The lowest BCUT2D eigenvalue weighted by atomic mass is 10.1. The first-order chi connectivity index (χ1) is 8.66. The minimum Gasteiger partial charge on any atom is -0.480 e. The van der Waals surface area contributed by atoms with E-state index in [-0.39, 0.29) is 19.0 Å². The summed E-state index contributed by atoms with van der Waals surface area (Å²) in [5.74, 6) is -0.961. The third kappa shape index (κ3) is 3.43. The Hall–Kier alpha value is -1.14. The molecule has 2 aliphatic heterocycles. The van der Waals surface area contributed by atoms with Crippen LogP contribution in [0.3, 0.4) is 0 Å². The van der Waals surface area contributed by atoms with Crippen molar-refractivity contribution in [2.75, 3.05) is 26.2 Å². The summed E-state index contributed by atoms with van der Waals surface area (Å²) in [6.07, 6.45) is 4.37. The summed E-state index contributed by atoms with van der Waals surface area (Å²) >= 11 is 0. The number of carboxylic acids is 1. The van der Waals surface area contributed by atoms with Gasteiger partial charge < -0.3 is 15.2 Å². The molecule has 0 saturated carbocycles. The molecule has 2 heterocycles. The van der Waals surface area contributed by atoms with Gasteiger partial charge in [-0.2, -0.15) is 0 Å². The zero-order chi connectivity index (χ0) is 13.0. The fraction of sp³-hybridized carbons (Fsp3) is 0.833. The molecule has 0 aliphatic carbocycles. The first kappa shape index (κ1) is 13.3. The predicted octanol–water partition coefficient (Wildman–Crippen LogP) is -0.169. The maximum absolute atomic E-state index is 11.3. The molecule has 0 spiro atoms. The molecule has 0 aromatic carbocycles. The van der Waals surface area contributed by atoms with Crippen molar-refractivity contribution >= 4 is 11.9 Å². The Labute approximate surface area is 106 Å². The summed E-state index contributed by atoms with van der Waals surface area (Å²) in [5.41, 5.74) is 0. The van der Waals surface area contributed by atoms with Crippen LogP contribution in [0.15, 0.2) is 0 Å². The number of nitrogens with one attached hydrogen (secondary N) is 1. The lowest BCUT2D eigenvalue weighted by molar-refractivity contribution is -0.146. The van der Waals surface area contributed by atoms with Gasteiger partial charge >= 0.3 is 5.97 Å². The second kappa shape index (κ2) is 6.15. The second-order valence-corrected chi connectivity index (χ2v) is 4.91. The number of piperazine rings is 1. The Kier molecular flexibility index (Phi) is 4.54. The molecule has 2 unspecified atom stereocenters. The average Bonchev–Trinajstić information content (AvgIpc) is 2.82. The SMILES string of the molecule is O=C1CN(CCCC2CCCO2)C(C(=O)O)CN1. The third-order valence-corrected chi connectivity index (χ3v) is 3.56. The molecular formula is C12H20N2O4. The molecule has 2 N–H and O–H groups in total. The number of carbonyl (C=O) groups excluding carboxylic acids is 1. The summed E-state index contributed by atoms with van der Waals surface area (Å²) in [6.45, 7) is 1.87. The highest BCUT2D eigenvalue weighted by Crippen LogP contribution is 2.17. The topological polar surface area (TPSA) is 78.9 Å². The number of aliphatic carboxylic acids is 1. The van der Waals surface area contributed by atoms with Gasteiger partial charge in [-0.25, -0.2) is 0 Å². The van der Waals surface area contributed by atoms with E-state index in [0.29, 0.717) is 12.6 Å². The number of ether oxygens (including phenoxy) is 1. The fourth-order valence-electron chi connectivity index (χ4n) is 2.56. The maximum atomic E-state index is 11.3. The monoisotopic (exact) mass is 256 g/mol. The van der Waals surface area contributed by atoms with Gasteiger partial charge in [-0.05, 0) is 32.2 Å². The second-order valence-electron chi connectivity index (χ2n) is 4.91. The van der Waals surface area contributed by atoms with Crippen molar-refractivity contribution in [2.24, 2.45) is 0 Å². The summed E-state index contributed by atoms with van der Waals surface area (Å²) in [7, 11) is 0. The predicted molar refractivity (Wildman–Crippen MR) is 64.2 cm³/mol. The van der Waals surface area contributed by atoms with Gasteiger partial charge in [0.25, 0.3) is 0 Å². The average molecular weight is 256 g/mol. The standard InChI is InChI=1S/C12H20N2O4/c15-11-8-14(10(7-13-11)12(16)17)5-1-3-9-4-2-6-18-9/h9-10H,1-8H2,(H,13,15)(H,16,17). The molecule has 0 bridgehead atoms.